The van der Waals surface area contributed by atoms with E-state index in [0.29, 0.717) is 0 Å². The number of hydrogen-bond donors (Lipinski definition) is 2. The molecular weight excluding hydrogens is 180 g/mol. The minimum Gasteiger partial charge on any atom is -0.496 e. The molecule has 0 amide bonds. The number of aromatic nitrogens is 1. The molecule has 0 fully saturated rings. The highest BCUT2D eigenvalue weighted by atomic mass is 16.5. The third kappa shape index (κ3) is 1.21. The lowest BCUT2D eigenvalue weighted by molar-refractivity contribution is 0.322. The van der Waals surface area contributed by atoms with E-state index < -0.39 is 0 Å². The van der Waals surface area contributed by atoms with Crippen molar-refractivity contribution >= 4 is 17.1 Å². The average molecular weight is 190 g/mol. The van der Waals surface area contributed by atoms with E-state index in [1.807, 2.05) is 18.2 Å². The fourth-order valence-corrected chi connectivity index (χ4v) is 1.51. The molecule has 0 aliphatic rings. The minimum absolute atomic E-state index is 0.763. The molecule has 1 aromatic heterocycles. The van der Waals surface area contributed by atoms with Crippen LogP contribution in [0.3, 0.4) is 0 Å². The van der Waals surface area contributed by atoms with Crippen molar-refractivity contribution in [1.82, 2.24) is 4.98 Å². The van der Waals surface area contributed by atoms with Crippen molar-refractivity contribution in [3.63, 3.8) is 0 Å². The zero-order valence-electron chi connectivity index (χ0n) is 7.69. The van der Waals surface area contributed by atoms with Crippen LogP contribution in [0.4, 0.5) is 0 Å². The molecule has 4 nitrogen and oxygen atoms in total. The second kappa shape index (κ2) is 3.41. The number of methoxy groups -OCH3 is 1. The molecule has 0 atom stereocenters. The SMILES string of the molecule is COc1cccc2[nH]cc(/C=N/O)c12. The predicted molar refractivity (Wildman–Crippen MR) is 54.2 cm³/mol. The number of ether oxygens (including phenoxy) is 1. The molecule has 14 heavy (non-hydrogen) atoms. The Kier molecular flexibility index (Phi) is 2.10. The molecule has 1 aromatic carbocycles. The first-order chi connectivity index (χ1) is 6.86. The number of benzene rings is 1. The van der Waals surface area contributed by atoms with Gasteiger partial charge in [-0.3, -0.25) is 0 Å². The Hall–Kier alpha value is -1.97. The van der Waals surface area contributed by atoms with Crippen LogP contribution < -0.4 is 4.74 Å². The van der Waals surface area contributed by atoms with Gasteiger partial charge >= 0.3 is 0 Å². The molecule has 1 heterocycles. The molecule has 72 valence electrons. The summed E-state index contributed by atoms with van der Waals surface area (Å²) < 4.78 is 5.21. The number of oxime groups is 1. The van der Waals surface area contributed by atoms with Gasteiger partial charge in [0.05, 0.1) is 18.7 Å². The molecule has 0 saturated heterocycles. The summed E-state index contributed by atoms with van der Waals surface area (Å²) in [6.45, 7) is 0. The maximum absolute atomic E-state index is 8.48. The number of fused-ring (bicyclic) bond motifs is 1. The Bertz CT molecular complexity index is 474. The summed E-state index contributed by atoms with van der Waals surface area (Å²) in [4.78, 5) is 3.07. The Morgan fingerprint density at radius 2 is 2.36 bits per heavy atom. The smallest absolute Gasteiger partial charge is 0.128 e. The number of nitrogens with one attached hydrogen (secondary N) is 1. The Morgan fingerprint density at radius 1 is 1.50 bits per heavy atom. The van der Waals surface area contributed by atoms with Crippen LogP contribution in [0.2, 0.25) is 0 Å². The molecule has 0 spiro atoms. The van der Waals surface area contributed by atoms with E-state index in [9.17, 15) is 0 Å². The summed E-state index contributed by atoms with van der Waals surface area (Å²) in [7, 11) is 1.61. The predicted octanol–water partition coefficient (Wildman–Crippen LogP) is 1.98. The second-order valence-corrected chi connectivity index (χ2v) is 2.87. The van der Waals surface area contributed by atoms with Crippen LogP contribution in [-0.2, 0) is 0 Å². The van der Waals surface area contributed by atoms with Gasteiger partial charge in [-0.25, -0.2) is 0 Å². The zero-order valence-corrected chi connectivity index (χ0v) is 7.69. The average Bonchev–Trinajstić information content (AvgIpc) is 2.62. The zero-order chi connectivity index (χ0) is 9.97. The highest BCUT2D eigenvalue weighted by molar-refractivity contribution is 6.02. The molecule has 0 bridgehead atoms. The van der Waals surface area contributed by atoms with Crippen molar-refractivity contribution < 1.29 is 9.94 Å². The first kappa shape index (κ1) is 8.62. The molecule has 2 rings (SSSR count). The fourth-order valence-electron chi connectivity index (χ4n) is 1.51. The van der Waals surface area contributed by atoms with Crippen molar-refractivity contribution in [2.24, 2.45) is 5.16 Å². The summed E-state index contributed by atoms with van der Waals surface area (Å²) in [6, 6.07) is 5.70. The summed E-state index contributed by atoms with van der Waals surface area (Å²) in [5, 5.41) is 12.4. The summed E-state index contributed by atoms with van der Waals surface area (Å²) >= 11 is 0. The lowest BCUT2D eigenvalue weighted by Gasteiger charge is -2.01. The standard InChI is InChI=1S/C10H10N2O2/c1-14-9-4-2-3-8-10(9)7(5-11-8)6-12-13/h2-6,11,13H,1H3/b12-6+. The van der Waals surface area contributed by atoms with E-state index in [1.54, 1.807) is 13.3 Å². The summed E-state index contributed by atoms with van der Waals surface area (Å²) in [5.41, 5.74) is 1.76. The number of nitrogens with zero attached hydrogens (tertiary/aromatic N) is 1. The highest BCUT2D eigenvalue weighted by Crippen LogP contribution is 2.27. The van der Waals surface area contributed by atoms with Crippen LogP contribution in [0.1, 0.15) is 5.56 Å². The van der Waals surface area contributed by atoms with Gasteiger partial charge in [0.25, 0.3) is 0 Å². The van der Waals surface area contributed by atoms with Crippen LogP contribution in [0.5, 0.6) is 5.75 Å². The second-order valence-electron chi connectivity index (χ2n) is 2.87. The topological polar surface area (TPSA) is 57.6 Å². The maximum Gasteiger partial charge on any atom is 0.128 e. The van der Waals surface area contributed by atoms with Crippen molar-refractivity contribution in [2.75, 3.05) is 7.11 Å². The summed E-state index contributed by atoms with van der Waals surface area (Å²) in [5.74, 6) is 0.763. The van der Waals surface area contributed by atoms with Crippen LogP contribution in [0.15, 0.2) is 29.6 Å². The largest absolute Gasteiger partial charge is 0.496 e. The van der Waals surface area contributed by atoms with E-state index in [4.69, 9.17) is 9.94 Å². The molecule has 0 saturated carbocycles. The van der Waals surface area contributed by atoms with Gasteiger partial charge in [-0.05, 0) is 12.1 Å². The lowest BCUT2D eigenvalue weighted by Crippen LogP contribution is -1.85. The summed E-state index contributed by atoms with van der Waals surface area (Å²) in [6.07, 6.45) is 3.15. The fraction of sp³-hybridized carbons (Fsp3) is 0.100. The highest BCUT2D eigenvalue weighted by Gasteiger charge is 2.06. The van der Waals surface area contributed by atoms with E-state index >= 15 is 0 Å². The Labute approximate surface area is 80.8 Å². The van der Waals surface area contributed by atoms with Crippen LogP contribution >= 0.6 is 0 Å². The van der Waals surface area contributed by atoms with Crippen molar-refractivity contribution in [2.45, 2.75) is 0 Å². The molecule has 4 heteroatoms. The molecule has 0 unspecified atom stereocenters. The van der Waals surface area contributed by atoms with Gasteiger partial charge in [-0.1, -0.05) is 11.2 Å². The number of H-pyrrole nitrogens is 1. The van der Waals surface area contributed by atoms with Gasteiger partial charge in [-0.2, -0.15) is 0 Å². The number of aromatic amines is 1. The molecule has 0 aliphatic heterocycles. The van der Waals surface area contributed by atoms with Gasteiger partial charge < -0.3 is 14.9 Å². The molecule has 0 radical (unpaired) electrons. The maximum atomic E-state index is 8.48. The van der Waals surface area contributed by atoms with Gasteiger partial charge in [0.1, 0.15) is 5.75 Å². The van der Waals surface area contributed by atoms with Crippen LogP contribution in [0, 0.1) is 0 Å². The molecular formula is C10H10N2O2. The normalized spacial score (nSPS) is 11.2. The van der Waals surface area contributed by atoms with Gasteiger partial charge in [0.15, 0.2) is 0 Å². The first-order valence-corrected chi connectivity index (χ1v) is 4.18. The van der Waals surface area contributed by atoms with Crippen LogP contribution in [0.25, 0.3) is 10.9 Å². The molecule has 0 aliphatic carbocycles. The third-order valence-corrected chi connectivity index (χ3v) is 2.11. The number of hydrogen-bond acceptors (Lipinski definition) is 3. The van der Waals surface area contributed by atoms with Gasteiger partial charge in [0, 0.05) is 17.3 Å². The van der Waals surface area contributed by atoms with E-state index in [-0.39, 0.29) is 0 Å². The monoisotopic (exact) mass is 190 g/mol. The molecule has 2 N–H and O–H groups in total. The first-order valence-electron chi connectivity index (χ1n) is 4.18. The lowest BCUT2D eigenvalue weighted by atomic mass is 10.1. The Balaban J connectivity index is 2.74. The third-order valence-electron chi connectivity index (χ3n) is 2.11. The van der Waals surface area contributed by atoms with Gasteiger partial charge in [0.2, 0.25) is 0 Å². The van der Waals surface area contributed by atoms with E-state index in [2.05, 4.69) is 10.1 Å². The number of rotatable bonds is 2. The van der Waals surface area contributed by atoms with Gasteiger partial charge in [-0.15, -0.1) is 0 Å². The quantitative estimate of drug-likeness (QED) is 0.432. The van der Waals surface area contributed by atoms with Crippen LogP contribution in [-0.4, -0.2) is 23.5 Å². The van der Waals surface area contributed by atoms with Crippen molar-refractivity contribution in [3.8, 4) is 5.75 Å². The Morgan fingerprint density at radius 3 is 3.07 bits per heavy atom. The van der Waals surface area contributed by atoms with E-state index in [0.717, 1.165) is 22.2 Å². The van der Waals surface area contributed by atoms with Crippen molar-refractivity contribution in [3.05, 3.63) is 30.0 Å². The van der Waals surface area contributed by atoms with E-state index in [1.165, 1.54) is 6.21 Å². The molecule has 2 aromatic rings. The minimum atomic E-state index is 0.763. The van der Waals surface area contributed by atoms with Crippen molar-refractivity contribution in [1.29, 1.82) is 0 Å².